The van der Waals surface area contributed by atoms with Crippen LogP contribution in [-0.4, -0.2) is 45.2 Å². The molecule has 33 heavy (non-hydrogen) atoms. The number of fused-ring (bicyclic) bond motifs is 1. The van der Waals surface area contributed by atoms with Crippen LogP contribution in [0, 0.1) is 6.92 Å². The molecule has 1 aromatic carbocycles. The van der Waals surface area contributed by atoms with Gasteiger partial charge in [0.05, 0.1) is 0 Å². The fraction of sp³-hybridized carbons (Fsp3) is 0.250. The number of piperidine rings is 1. The lowest BCUT2D eigenvalue weighted by Crippen LogP contribution is -2.38. The molecule has 4 heterocycles. The first-order chi connectivity index (χ1) is 16.2. The number of aromatic nitrogens is 4. The van der Waals surface area contributed by atoms with E-state index in [9.17, 15) is 4.79 Å². The van der Waals surface area contributed by atoms with Gasteiger partial charge in [-0.3, -0.25) is 9.89 Å². The van der Waals surface area contributed by atoms with Crippen molar-refractivity contribution in [1.82, 2.24) is 25.5 Å². The number of carbonyl (C=O) groups is 1. The summed E-state index contributed by atoms with van der Waals surface area (Å²) >= 11 is 0. The summed E-state index contributed by atoms with van der Waals surface area (Å²) in [5, 5.41) is 17.9. The molecule has 0 bridgehead atoms. The van der Waals surface area contributed by atoms with E-state index in [0.717, 1.165) is 42.8 Å². The van der Waals surface area contributed by atoms with Gasteiger partial charge in [0.2, 0.25) is 0 Å². The zero-order valence-corrected chi connectivity index (χ0v) is 18.3. The first-order valence-corrected chi connectivity index (χ1v) is 11.0. The summed E-state index contributed by atoms with van der Waals surface area (Å²) in [6.07, 6.45) is 3.89. The number of anilines is 2. The largest absolute Gasteiger partial charge is 0.456 e. The number of rotatable bonds is 6. The van der Waals surface area contributed by atoms with E-state index in [1.165, 1.54) is 0 Å². The molecule has 0 saturated carbocycles. The minimum atomic E-state index is -0.228. The summed E-state index contributed by atoms with van der Waals surface area (Å²) < 4.78 is 6.15. The highest BCUT2D eigenvalue weighted by atomic mass is 16.5. The van der Waals surface area contributed by atoms with Gasteiger partial charge in [-0.2, -0.15) is 5.10 Å². The average Bonchev–Trinajstić information content (AvgIpc) is 3.24. The van der Waals surface area contributed by atoms with Gasteiger partial charge in [0.25, 0.3) is 5.91 Å². The molecule has 9 heteroatoms. The Morgan fingerprint density at radius 2 is 2.03 bits per heavy atom. The molecule has 4 N–H and O–H groups in total. The summed E-state index contributed by atoms with van der Waals surface area (Å²) in [4.78, 5) is 21.2. The molecule has 4 aromatic rings. The van der Waals surface area contributed by atoms with E-state index in [-0.39, 0.29) is 5.91 Å². The number of pyridine rings is 2. The van der Waals surface area contributed by atoms with Crippen molar-refractivity contribution >= 4 is 28.6 Å². The lowest BCUT2D eigenvalue weighted by atomic mass is 10.1. The predicted molar refractivity (Wildman–Crippen MR) is 127 cm³/mol. The van der Waals surface area contributed by atoms with Crippen molar-refractivity contribution in [3.05, 3.63) is 66.0 Å². The summed E-state index contributed by atoms with van der Waals surface area (Å²) in [6.45, 7) is 3.82. The molecule has 0 aliphatic carbocycles. The first-order valence-electron chi connectivity index (χ1n) is 11.0. The van der Waals surface area contributed by atoms with Gasteiger partial charge in [0.1, 0.15) is 22.7 Å². The highest BCUT2D eigenvalue weighted by molar-refractivity contribution is 6.03. The Morgan fingerprint density at radius 3 is 2.82 bits per heavy atom. The van der Waals surface area contributed by atoms with Gasteiger partial charge < -0.3 is 20.7 Å². The topological polar surface area (TPSA) is 117 Å². The van der Waals surface area contributed by atoms with Crippen LogP contribution in [0.1, 0.15) is 28.9 Å². The third-order valence-corrected chi connectivity index (χ3v) is 5.54. The predicted octanol–water partition coefficient (Wildman–Crippen LogP) is 3.87. The molecule has 9 nitrogen and oxygen atoms in total. The molecule has 1 atom stereocenters. The third kappa shape index (κ3) is 4.78. The summed E-state index contributed by atoms with van der Waals surface area (Å²) in [6, 6.07) is 14.6. The second kappa shape index (κ2) is 9.25. The SMILES string of the molecule is Cc1cccc(NC(=O)c2ccc(Oc3ccnc4[nH]nc(N[C@@H]5CCCNC5)c34)cc2)n1. The Hall–Kier alpha value is -3.98. The summed E-state index contributed by atoms with van der Waals surface area (Å²) in [5.74, 6) is 2.27. The van der Waals surface area contributed by atoms with Gasteiger partial charge in [0.15, 0.2) is 11.5 Å². The number of aryl methyl sites for hydroxylation is 1. The van der Waals surface area contributed by atoms with E-state index >= 15 is 0 Å². The zero-order chi connectivity index (χ0) is 22.6. The number of hydrogen-bond acceptors (Lipinski definition) is 7. The van der Waals surface area contributed by atoms with E-state index < -0.39 is 0 Å². The number of hydrogen-bond donors (Lipinski definition) is 4. The Bertz CT molecular complexity index is 1260. The van der Waals surface area contributed by atoms with Gasteiger partial charge in [-0.15, -0.1) is 0 Å². The van der Waals surface area contributed by atoms with Gasteiger partial charge in [-0.05, 0) is 62.7 Å². The van der Waals surface area contributed by atoms with Crippen molar-refractivity contribution in [2.45, 2.75) is 25.8 Å². The lowest BCUT2D eigenvalue weighted by Gasteiger charge is -2.23. The first kappa shape index (κ1) is 20.9. The molecular formula is C24H25N7O2. The van der Waals surface area contributed by atoms with Crippen LogP contribution in [0.25, 0.3) is 11.0 Å². The van der Waals surface area contributed by atoms with Crippen molar-refractivity contribution in [2.24, 2.45) is 0 Å². The molecule has 1 saturated heterocycles. The van der Waals surface area contributed by atoms with Crippen LogP contribution in [0.2, 0.25) is 0 Å². The number of nitrogens with zero attached hydrogens (tertiary/aromatic N) is 3. The molecule has 168 valence electrons. The number of carbonyl (C=O) groups excluding carboxylic acids is 1. The standard InChI is InChI=1S/C24H25N7O2/c1-15-4-2-6-20(27-15)29-24(32)16-7-9-18(10-8-16)33-19-11-13-26-22-21(19)23(31-30-22)28-17-5-3-12-25-14-17/h2,4,6-11,13,17,25H,3,5,12,14H2,1H3,(H,27,29,32)(H2,26,28,30,31)/t17-/m1/s1. The van der Waals surface area contributed by atoms with Crippen LogP contribution in [0.4, 0.5) is 11.6 Å². The summed E-state index contributed by atoms with van der Waals surface area (Å²) in [7, 11) is 0. The van der Waals surface area contributed by atoms with E-state index in [2.05, 4.69) is 36.1 Å². The summed E-state index contributed by atoms with van der Waals surface area (Å²) in [5.41, 5.74) is 2.01. The van der Waals surface area contributed by atoms with Crippen molar-refractivity contribution in [3.8, 4) is 11.5 Å². The molecule has 0 radical (unpaired) electrons. The zero-order valence-electron chi connectivity index (χ0n) is 18.3. The van der Waals surface area contributed by atoms with Gasteiger partial charge in [-0.1, -0.05) is 6.07 Å². The van der Waals surface area contributed by atoms with E-state index in [0.29, 0.717) is 34.6 Å². The maximum Gasteiger partial charge on any atom is 0.256 e. The minimum absolute atomic E-state index is 0.228. The van der Waals surface area contributed by atoms with Crippen molar-refractivity contribution < 1.29 is 9.53 Å². The maximum atomic E-state index is 12.5. The molecule has 3 aromatic heterocycles. The Morgan fingerprint density at radius 1 is 1.15 bits per heavy atom. The number of ether oxygens (including phenoxy) is 1. The van der Waals surface area contributed by atoms with Crippen molar-refractivity contribution in [2.75, 3.05) is 23.7 Å². The monoisotopic (exact) mass is 443 g/mol. The smallest absolute Gasteiger partial charge is 0.256 e. The van der Waals surface area contributed by atoms with Crippen LogP contribution in [0.15, 0.2) is 54.7 Å². The Balaban J connectivity index is 1.32. The van der Waals surface area contributed by atoms with Crippen LogP contribution < -0.4 is 20.7 Å². The fourth-order valence-corrected chi connectivity index (χ4v) is 3.88. The molecule has 0 unspecified atom stereocenters. The van der Waals surface area contributed by atoms with Crippen molar-refractivity contribution in [1.29, 1.82) is 0 Å². The average molecular weight is 444 g/mol. The van der Waals surface area contributed by atoms with Crippen LogP contribution in [-0.2, 0) is 0 Å². The maximum absolute atomic E-state index is 12.5. The van der Waals surface area contributed by atoms with E-state index in [1.807, 2.05) is 25.1 Å². The number of amides is 1. The molecule has 5 rings (SSSR count). The Kier molecular flexibility index (Phi) is 5.86. The highest BCUT2D eigenvalue weighted by Crippen LogP contribution is 2.33. The van der Waals surface area contributed by atoms with Gasteiger partial charge >= 0.3 is 0 Å². The second-order valence-electron chi connectivity index (χ2n) is 8.04. The van der Waals surface area contributed by atoms with Gasteiger partial charge in [0, 0.05) is 36.1 Å². The van der Waals surface area contributed by atoms with Crippen LogP contribution in [0.5, 0.6) is 11.5 Å². The van der Waals surface area contributed by atoms with E-state index in [1.54, 1.807) is 36.5 Å². The second-order valence-corrected chi connectivity index (χ2v) is 8.04. The number of aromatic amines is 1. The Labute approximate surface area is 191 Å². The molecule has 1 aliphatic heterocycles. The third-order valence-electron chi connectivity index (χ3n) is 5.54. The molecule has 1 aliphatic rings. The van der Waals surface area contributed by atoms with E-state index in [4.69, 9.17) is 4.74 Å². The fourth-order valence-electron chi connectivity index (χ4n) is 3.88. The molecule has 0 spiro atoms. The molecular weight excluding hydrogens is 418 g/mol. The van der Waals surface area contributed by atoms with Gasteiger partial charge in [-0.25, -0.2) is 9.97 Å². The normalized spacial score (nSPS) is 15.8. The van der Waals surface area contributed by atoms with Crippen molar-refractivity contribution in [3.63, 3.8) is 0 Å². The number of benzene rings is 1. The number of H-pyrrole nitrogens is 1. The van der Waals surface area contributed by atoms with Crippen LogP contribution in [0.3, 0.4) is 0 Å². The minimum Gasteiger partial charge on any atom is -0.456 e. The lowest BCUT2D eigenvalue weighted by molar-refractivity contribution is 0.102. The molecule has 1 amide bonds. The highest BCUT2D eigenvalue weighted by Gasteiger charge is 2.18. The van der Waals surface area contributed by atoms with Crippen LogP contribution >= 0.6 is 0 Å². The quantitative estimate of drug-likeness (QED) is 0.357. The molecule has 1 fully saturated rings. The number of nitrogens with one attached hydrogen (secondary N) is 4.